The van der Waals surface area contributed by atoms with E-state index in [1.165, 1.54) is 50.2 Å². The Balaban J connectivity index is 1.09. The Kier molecular flexibility index (Phi) is 7.25. The third-order valence-corrected chi connectivity index (χ3v) is 10.8. The second kappa shape index (κ2) is 10.9. The molecule has 5 aliphatic rings. The Morgan fingerprint density at radius 2 is 1.55 bits per heavy atom. The number of rotatable bonds is 6. The lowest BCUT2D eigenvalue weighted by atomic mass is 9.48. The number of hydrogen-bond donors (Lipinski definition) is 1. The summed E-state index contributed by atoms with van der Waals surface area (Å²) in [7, 11) is 0. The van der Waals surface area contributed by atoms with E-state index in [0.717, 1.165) is 31.8 Å². The summed E-state index contributed by atoms with van der Waals surface area (Å²) in [6.45, 7) is 0.412. The number of barbiturate groups is 1. The summed E-state index contributed by atoms with van der Waals surface area (Å²) in [5, 5.41) is 2.34. The Hall–Kier alpha value is -2.98. The largest absolute Gasteiger partial charge is 0.488 e. The van der Waals surface area contributed by atoms with Crippen LogP contribution in [0.1, 0.15) is 55.2 Å². The first-order valence-electron chi connectivity index (χ1n) is 14.5. The maximum Gasteiger partial charge on any atom is 0.335 e. The number of urea groups is 1. The number of halogens is 2. The van der Waals surface area contributed by atoms with Crippen LogP contribution in [0.5, 0.6) is 5.75 Å². The fourth-order valence-corrected chi connectivity index (χ4v) is 8.82. The van der Waals surface area contributed by atoms with Crippen molar-refractivity contribution in [1.82, 2.24) is 5.32 Å². The molecule has 214 valence electrons. The molecule has 4 bridgehead atoms. The molecule has 1 aliphatic heterocycles. The number of hydrogen-bond acceptors (Lipinski definition) is 4. The average Bonchev–Trinajstić information content (AvgIpc) is 2.95. The van der Waals surface area contributed by atoms with Gasteiger partial charge >= 0.3 is 6.03 Å². The fourth-order valence-electron chi connectivity index (χ4n) is 7.95. The van der Waals surface area contributed by atoms with Crippen LogP contribution in [-0.4, -0.2) is 17.8 Å². The van der Waals surface area contributed by atoms with E-state index in [2.05, 4.69) is 56.0 Å². The predicted octanol–water partition coefficient (Wildman–Crippen LogP) is 7.77. The van der Waals surface area contributed by atoms with Crippen LogP contribution >= 0.6 is 38.5 Å². The molecule has 4 aliphatic carbocycles. The normalized spacial score (nSPS) is 27.5. The van der Waals surface area contributed by atoms with Gasteiger partial charge in [0, 0.05) is 3.57 Å². The Morgan fingerprint density at radius 3 is 2.17 bits per heavy atom. The molecule has 0 unspecified atom stereocenters. The average molecular weight is 737 g/mol. The van der Waals surface area contributed by atoms with E-state index in [9.17, 15) is 14.4 Å². The van der Waals surface area contributed by atoms with Crippen molar-refractivity contribution >= 4 is 68.1 Å². The molecule has 4 saturated carbocycles. The molecular weight excluding hydrogens is 707 g/mol. The first kappa shape index (κ1) is 27.8. The second-order valence-electron chi connectivity index (χ2n) is 12.3. The van der Waals surface area contributed by atoms with E-state index in [4.69, 9.17) is 4.74 Å². The molecule has 5 fully saturated rings. The van der Waals surface area contributed by atoms with Crippen LogP contribution in [0.3, 0.4) is 0 Å². The van der Waals surface area contributed by atoms with Crippen LogP contribution in [0.15, 0.2) is 76.8 Å². The highest BCUT2D eigenvalue weighted by molar-refractivity contribution is 14.1. The smallest absolute Gasteiger partial charge is 0.335 e. The summed E-state index contributed by atoms with van der Waals surface area (Å²) < 4.78 is 7.81. The molecule has 3 aromatic rings. The molecule has 1 heterocycles. The summed E-state index contributed by atoms with van der Waals surface area (Å²) in [5.74, 6) is 1.79. The van der Waals surface area contributed by atoms with Gasteiger partial charge in [-0.25, -0.2) is 9.69 Å². The number of nitrogens with zero attached hydrogens (tertiary/aromatic N) is 1. The van der Waals surface area contributed by atoms with E-state index in [1.54, 1.807) is 18.2 Å². The van der Waals surface area contributed by atoms with Gasteiger partial charge in [-0.1, -0.05) is 30.3 Å². The number of anilines is 1. The van der Waals surface area contributed by atoms with E-state index in [-0.39, 0.29) is 11.0 Å². The van der Waals surface area contributed by atoms with Crippen LogP contribution in [0, 0.1) is 21.3 Å². The van der Waals surface area contributed by atoms with Gasteiger partial charge in [0.2, 0.25) is 0 Å². The van der Waals surface area contributed by atoms with Crippen LogP contribution in [-0.2, 0) is 21.6 Å². The third kappa shape index (κ3) is 5.21. The molecule has 6 nitrogen and oxygen atoms in total. The predicted molar refractivity (Wildman–Crippen MR) is 173 cm³/mol. The van der Waals surface area contributed by atoms with Crippen molar-refractivity contribution in [3.8, 4) is 5.75 Å². The van der Waals surface area contributed by atoms with Crippen molar-refractivity contribution in [2.75, 3.05) is 4.90 Å². The van der Waals surface area contributed by atoms with Gasteiger partial charge in [0.05, 0.1) is 10.2 Å². The Labute approximate surface area is 267 Å². The number of carbonyl (C=O) groups is 3. The van der Waals surface area contributed by atoms with E-state index >= 15 is 0 Å². The molecule has 8 heteroatoms. The molecule has 4 amide bonds. The highest BCUT2D eigenvalue weighted by atomic mass is 127. The summed E-state index contributed by atoms with van der Waals surface area (Å²) in [6.07, 6.45) is 9.37. The zero-order valence-electron chi connectivity index (χ0n) is 22.9. The minimum Gasteiger partial charge on any atom is -0.488 e. The Morgan fingerprint density at radius 1 is 0.905 bits per heavy atom. The van der Waals surface area contributed by atoms with Crippen LogP contribution in [0.25, 0.3) is 6.08 Å². The van der Waals surface area contributed by atoms with Crippen LogP contribution < -0.4 is 15.0 Å². The van der Waals surface area contributed by atoms with E-state index < -0.39 is 17.8 Å². The summed E-state index contributed by atoms with van der Waals surface area (Å²) in [6, 6.07) is 20.6. The first-order chi connectivity index (χ1) is 20.3. The zero-order chi connectivity index (χ0) is 29.0. The van der Waals surface area contributed by atoms with Crippen molar-refractivity contribution < 1.29 is 19.1 Å². The quantitative estimate of drug-likeness (QED) is 0.160. The molecule has 42 heavy (non-hydrogen) atoms. The highest BCUT2D eigenvalue weighted by Crippen LogP contribution is 2.60. The molecule has 0 aromatic heterocycles. The monoisotopic (exact) mass is 736 g/mol. The van der Waals surface area contributed by atoms with Gasteiger partial charge in [0.1, 0.15) is 17.9 Å². The van der Waals surface area contributed by atoms with Crippen molar-refractivity contribution in [2.45, 2.75) is 50.5 Å². The minimum atomic E-state index is -0.731. The SMILES string of the molecule is O=C1NC(=O)N(c2ccc(C34CC5CC(CC(C5)C3)C4)cc2)C(=O)/C1=C/c1ccc(OCc2ccc(I)cc2)c(Br)c1. The molecule has 1 saturated heterocycles. The van der Waals surface area contributed by atoms with Gasteiger partial charge in [0.15, 0.2) is 0 Å². The lowest BCUT2D eigenvalue weighted by Gasteiger charge is -2.57. The number of ether oxygens (including phenoxy) is 1. The Bertz CT molecular complexity index is 1580. The molecule has 0 radical (unpaired) electrons. The lowest BCUT2D eigenvalue weighted by Crippen LogP contribution is -2.54. The molecule has 1 N–H and O–H groups in total. The van der Waals surface area contributed by atoms with Crippen molar-refractivity contribution in [2.24, 2.45) is 17.8 Å². The van der Waals surface area contributed by atoms with Gasteiger partial charge in [-0.05, 0) is 159 Å². The molecule has 8 rings (SSSR count). The van der Waals surface area contributed by atoms with Gasteiger partial charge < -0.3 is 4.74 Å². The minimum absolute atomic E-state index is 0.0979. The highest BCUT2D eigenvalue weighted by Gasteiger charge is 2.51. The van der Waals surface area contributed by atoms with Crippen molar-refractivity contribution in [3.63, 3.8) is 0 Å². The number of nitrogens with one attached hydrogen (secondary N) is 1. The number of amides is 4. The van der Waals surface area contributed by atoms with Crippen LogP contribution in [0.2, 0.25) is 0 Å². The van der Waals surface area contributed by atoms with Crippen molar-refractivity contribution in [1.29, 1.82) is 0 Å². The van der Waals surface area contributed by atoms with E-state index in [1.807, 2.05) is 36.4 Å². The topological polar surface area (TPSA) is 75.7 Å². The summed E-state index contributed by atoms with van der Waals surface area (Å²) in [5.41, 5.74) is 3.59. The van der Waals surface area contributed by atoms with Crippen molar-refractivity contribution in [3.05, 3.63) is 97.0 Å². The third-order valence-electron chi connectivity index (χ3n) is 9.45. The van der Waals surface area contributed by atoms with Gasteiger partial charge in [-0.3, -0.25) is 14.9 Å². The number of carbonyl (C=O) groups excluding carboxylic acids is 3. The standard InChI is InChI=1S/C34H30BrIN2O4/c35-29-15-21(3-10-30(29)42-19-20-1-6-26(36)7-2-20)14-28-31(39)37-33(41)38(32(28)40)27-8-4-25(5-9-27)34-16-22-11-23(17-34)13-24(12-22)18-34/h1-10,14-15,22-24H,11-13,16-19H2,(H,37,39,41)/b28-14+. The van der Waals surface area contributed by atoms with Crippen LogP contribution in [0.4, 0.5) is 10.5 Å². The zero-order valence-corrected chi connectivity index (χ0v) is 26.7. The lowest BCUT2D eigenvalue weighted by molar-refractivity contribution is -0.122. The molecular formula is C34H30BrIN2O4. The van der Waals surface area contributed by atoms with Gasteiger partial charge in [-0.15, -0.1) is 0 Å². The van der Waals surface area contributed by atoms with Gasteiger partial charge in [-0.2, -0.15) is 0 Å². The maximum absolute atomic E-state index is 13.5. The summed E-state index contributed by atoms with van der Waals surface area (Å²) in [4.78, 5) is 40.2. The fraction of sp³-hybridized carbons (Fsp3) is 0.324. The molecule has 3 aromatic carbocycles. The van der Waals surface area contributed by atoms with E-state index in [0.29, 0.717) is 28.1 Å². The maximum atomic E-state index is 13.5. The summed E-state index contributed by atoms with van der Waals surface area (Å²) >= 11 is 5.81. The molecule has 0 atom stereocenters. The number of benzene rings is 3. The molecule has 0 spiro atoms. The van der Waals surface area contributed by atoms with Gasteiger partial charge in [0.25, 0.3) is 11.8 Å². The first-order valence-corrected chi connectivity index (χ1v) is 16.3. The second-order valence-corrected chi connectivity index (χ2v) is 14.4. The number of imide groups is 2.